The molecule has 0 spiro atoms. The number of ether oxygens (including phenoxy) is 2. The Kier molecular flexibility index (Phi) is 6.79. The van der Waals surface area contributed by atoms with Crippen molar-refractivity contribution in [2.45, 2.75) is 61.7 Å². The van der Waals surface area contributed by atoms with Crippen molar-refractivity contribution in [2.24, 2.45) is 0 Å². The zero-order valence-corrected chi connectivity index (χ0v) is 21.9. The summed E-state index contributed by atoms with van der Waals surface area (Å²) in [7, 11) is 1.58. The molecule has 0 unspecified atom stereocenters. The van der Waals surface area contributed by atoms with E-state index < -0.39 is 0 Å². The Morgan fingerprint density at radius 3 is 2.95 bits per heavy atom. The van der Waals surface area contributed by atoms with Crippen LogP contribution in [0.2, 0.25) is 0 Å². The van der Waals surface area contributed by atoms with Gasteiger partial charge in [-0.25, -0.2) is 9.78 Å². The van der Waals surface area contributed by atoms with Gasteiger partial charge < -0.3 is 19.4 Å². The lowest BCUT2D eigenvalue weighted by molar-refractivity contribution is -0.116. The number of carbonyl (C=O) groups is 2. The van der Waals surface area contributed by atoms with Crippen LogP contribution in [-0.2, 0) is 22.5 Å². The maximum absolute atomic E-state index is 12.8. The second-order valence-electron chi connectivity index (χ2n) is 9.90. The number of pyridine rings is 3. The van der Waals surface area contributed by atoms with E-state index >= 15 is 0 Å². The number of rotatable bonds is 7. The fourth-order valence-electron chi connectivity index (χ4n) is 5.61. The van der Waals surface area contributed by atoms with Gasteiger partial charge in [0, 0.05) is 36.0 Å². The zero-order valence-electron chi connectivity index (χ0n) is 21.1. The molecule has 5 heterocycles. The number of ketones is 1. The molecule has 1 aliphatic carbocycles. The normalized spacial score (nSPS) is 22.8. The number of anilines is 1. The summed E-state index contributed by atoms with van der Waals surface area (Å²) in [6.45, 7) is 1.29. The van der Waals surface area contributed by atoms with Crippen LogP contribution in [0.1, 0.15) is 31.4 Å². The van der Waals surface area contributed by atoms with Crippen LogP contribution in [0.5, 0.6) is 5.75 Å². The van der Waals surface area contributed by atoms with Gasteiger partial charge in [0.2, 0.25) is 0 Å². The fraction of sp³-hybridized carbons (Fsp3) is 0.444. The predicted octanol–water partition coefficient (Wildman–Crippen LogP) is 2.94. The monoisotopic (exact) mass is 535 g/mol. The molecule has 198 valence electrons. The molecular weight excluding hydrogens is 506 g/mol. The lowest BCUT2D eigenvalue weighted by atomic mass is 9.88. The molecule has 3 aromatic rings. The third-order valence-electron chi connectivity index (χ3n) is 7.50. The van der Waals surface area contributed by atoms with E-state index in [0.717, 1.165) is 53.9 Å². The number of carbonyl (C=O) groups excluding carboxylic acids is 2. The topological polar surface area (TPSA) is 116 Å². The molecule has 38 heavy (non-hydrogen) atoms. The van der Waals surface area contributed by atoms with Crippen LogP contribution in [0.15, 0.2) is 46.2 Å². The molecule has 0 aromatic carbocycles. The van der Waals surface area contributed by atoms with Gasteiger partial charge in [0.1, 0.15) is 23.5 Å². The van der Waals surface area contributed by atoms with Crippen molar-refractivity contribution in [1.29, 1.82) is 0 Å². The molecule has 0 radical (unpaired) electrons. The van der Waals surface area contributed by atoms with E-state index in [-0.39, 0.29) is 35.6 Å². The Bertz CT molecular complexity index is 1460. The highest BCUT2D eigenvalue weighted by molar-refractivity contribution is 8.00. The zero-order chi connectivity index (χ0) is 26.2. The van der Waals surface area contributed by atoms with Crippen LogP contribution in [-0.4, -0.2) is 64.0 Å². The lowest BCUT2D eigenvalue weighted by Gasteiger charge is -2.33. The molecular formula is C27H29N5O5S. The summed E-state index contributed by atoms with van der Waals surface area (Å²) in [6.07, 6.45) is 4.58. The van der Waals surface area contributed by atoms with E-state index in [4.69, 9.17) is 9.47 Å². The smallest absolute Gasteiger partial charge is 0.416 e. The minimum absolute atomic E-state index is 0.0604. The molecule has 3 aliphatic rings. The van der Waals surface area contributed by atoms with Gasteiger partial charge in [-0.15, -0.1) is 11.8 Å². The van der Waals surface area contributed by atoms with Gasteiger partial charge in [-0.1, -0.05) is 0 Å². The average Bonchev–Trinajstić information content (AvgIpc) is 3.26. The first-order valence-electron chi connectivity index (χ1n) is 12.9. The highest BCUT2D eigenvalue weighted by Gasteiger charge is 2.46. The maximum atomic E-state index is 12.8. The third-order valence-corrected chi connectivity index (χ3v) is 8.64. The molecule has 1 saturated heterocycles. The summed E-state index contributed by atoms with van der Waals surface area (Å²) < 4.78 is 12.8. The van der Waals surface area contributed by atoms with Gasteiger partial charge in [0.25, 0.3) is 5.56 Å². The van der Waals surface area contributed by atoms with Crippen LogP contribution >= 0.6 is 11.8 Å². The molecule has 3 aromatic heterocycles. The SMILES string of the molecule is COc1cnc2ccc(=O)n(CCCN[C@H]3CC[C@H]4[C@H](C3)OC(=O)N4c3ccc4c(n3)CC(=O)CS4)c2c1. The standard InChI is InChI=1S/C27H29N5O5S/c1-36-18-13-22-19(29-14-18)4-8-26(34)31(22)10-2-9-28-16-3-5-21-23(11-16)37-27(35)32(21)25-7-6-24-20(30-25)12-17(33)15-38-24/h4,6-8,13-14,16,21,23,28H,2-3,5,9-12,15H2,1H3/t16-,21-,23-/m0/s1. The number of fused-ring (bicyclic) bond motifs is 3. The largest absolute Gasteiger partial charge is 0.495 e. The van der Waals surface area contributed by atoms with Crippen molar-refractivity contribution in [3.8, 4) is 5.75 Å². The highest BCUT2D eigenvalue weighted by Crippen LogP contribution is 2.36. The Morgan fingerprint density at radius 1 is 1.18 bits per heavy atom. The van der Waals surface area contributed by atoms with Crippen molar-refractivity contribution in [1.82, 2.24) is 19.9 Å². The number of aromatic nitrogens is 3. The minimum Gasteiger partial charge on any atom is -0.495 e. The third kappa shape index (κ3) is 4.76. The Morgan fingerprint density at radius 2 is 2.08 bits per heavy atom. The maximum Gasteiger partial charge on any atom is 0.416 e. The average molecular weight is 536 g/mol. The summed E-state index contributed by atoms with van der Waals surface area (Å²) >= 11 is 1.50. The molecule has 1 amide bonds. The number of nitrogens with zero attached hydrogens (tertiary/aromatic N) is 4. The van der Waals surface area contributed by atoms with Gasteiger partial charge in [-0.2, -0.15) is 0 Å². The number of nitrogens with one attached hydrogen (secondary N) is 1. The summed E-state index contributed by atoms with van der Waals surface area (Å²) in [5, 5.41) is 3.59. The quantitative estimate of drug-likeness (QED) is 0.456. The first-order chi connectivity index (χ1) is 18.5. The summed E-state index contributed by atoms with van der Waals surface area (Å²) in [5.74, 6) is 1.81. The molecule has 1 N–H and O–H groups in total. The molecule has 11 heteroatoms. The number of hydrogen-bond acceptors (Lipinski definition) is 9. The number of thioether (sulfide) groups is 1. The van der Waals surface area contributed by atoms with E-state index in [1.807, 2.05) is 18.2 Å². The predicted molar refractivity (Wildman–Crippen MR) is 143 cm³/mol. The van der Waals surface area contributed by atoms with Crippen LogP contribution in [0.4, 0.5) is 10.6 Å². The molecule has 10 nitrogen and oxygen atoms in total. The van der Waals surface area contributed by atoms with E-state index in [1.54, 1.807) is 34.9 Å². The summed E-state index contributed by atoms with van der Waals surface area (Å²) in [6, 6.07) is 9.09. The molecule has 3 atom stereocenters. The van der Waals surface area contributed by atoms with E-state index in [9.17, 15) is 14.4 Å². The Balaban J connectivity index is 1.06. The number of methoxy groups -OCH3 is 1. The first-order valence-corrected chi connectivity index (χ1v) is 13.9. The molecule has 0 bridgehead atoms. The van der Waals surface area contributed by atoms with Gasteiger partial charge in [-0.3, -0.25) is 19.5 Å². The van der Waals surface area contributed by atoms with Gasteiger partial charge in [-0.05, 0) is 44.0 Å². The summed E-state index contributed by atoms with van der Waals surface area (Å²) in [5.41, 5.74) is 2.19. The van der Waals surface area contributed by atoms with Gasteiger partial charge in [0.15, 0.2) is 0 Å². The molecule has 2 aliphatic heterocycles. The van der Waals surface area contributed by atoms with Crippen LogP contribution < -0.4 is 20.5 Å². The van der Waals surface area contributed by atoms with Crippen molar-refractivity contribution < 1.29 is 19.1 Å². The number of Topliss-reactive ketones (excluding diaryl/α,β-unsaturated/α-hetero) is 1. The second-order valence-corrected chi connectivity index (χ2v) is 10.9. The Labute approximate surface area is 223 Å². The number of amides is 1. The van der Waals surface area contributed by atoms with Crippen LogP contribution in [0, 0.1) is 0 Å². The van der Waals surface area contributed by atoms with Crippen molar-refractivity contribution in [3.63, 3.8) is 0 Å². The van der Waals surface area contributed by atoms with Crippen molar-refractivity contribution in [2.75, 3.05) is 24.3 Å². The fourth-order valence-corrected chi connectivity index (χ4v) is 6.47. The van der Waals surface area contributed by atoms with E-state index in [0.29, 0.717) is 30.3 Å². The highest BCUT2D eigenvalue weighted by atomic mass is 32.2. The van der Waals surface area contributed by atoms with Crippen LogP contribution in [0.3, 0.4) is 0 Å². The molecule has 2 fully saturated rings. The number of aryl methyl sites for hydroxylation is 1. The Hall–Kier alpha value is -3.44. The van der Waals surface area contributed by atoms with E-state index in [1.165, 1.54) is 11.8 Å². The minimum atomic E-state index is -0.373. The molecule has 1 saturated carbocycles. The first kappa shape index (κ1) is 24.9. The second kappa shape index (κ2) is 10.4. The van der Waals surface area contributed by atoms with Crippen molar-refractivity contribution in [3.05, 3.63) is 52.6 Å². The summed E-state index contributed by atoms with van der Waals surface area (Å²) in [4.78, 5) is 48.9. The van der Waals surface area contributed by atoms with E-state index in [2.05, 4.69) is 15.3 Å². The number of hydrogen-bond donors (Lipinski definition) is 1. The molecule has 6 rings (SSSR count). The lowest BCUT2D eigenvalue weighted by Crippen LogP contribution is -2.46. The van der Waals surface area contributed by atoms with Crippen molar-refractivity contribution >= 4 is 40.5 Å². The van der Waals surface area contributed by atoms with Crippen LogP contribution in [0.25, 0.3) is 11.0 Å². The van der Waals surface area contributed by atoms with Gasteiger partial charge in [0.05, 0.1) is 48.2 Å². The van der Waals surface area contributed by atoms with Gasteiger partial charge >= 0.3 is 6.09 Å².